The van der Waals surface area contributed by atoms with Crippen LogP contribution in [0.1, 0.15) is 30.7 Å². The Kier molecular flexibility index (Phi) is 6.41. The minimum absolute atomic E-state index is 0.0999. The maximum absolute atomic E-state index is 11.9. The highest BCUT2D eigenvalue weighted by atomic mass is 35.5. The SMILES string of the molecule is COC(=O)C(CCCCN)c1cc([N+](=O)[O-])ccc1Cl. The van der Waals surface area contributed by atoms with Crippen LogP contribution in [0.15, 0.2) is 18.2 Å². The van der Waals surface area contributed by atoms with Gasteiger partial charge in [0.2, 0.25) is 0 Å². The summed E-state index contributed by atoms with van der Waals surface area (Å²) < 4.78 is 4.75. The number of hydrogen-bond acceptors (Lipinski definition) is 5. The molecule has 7 heteroatoms. The van der Waals surface area contributed by atoms with Crippen molar-refractivity contribution in [2.75, 3.05) is 13.7 Å². The number of rotatable bonds is 7. The molecule has 110 valence electrons. The first-order chi connectivity index (χ1) is 9.51. The smallest absolute Gasteiger partial charge is 0.313 e. The number of esters is 1. The van der Waals surface area contributed by atoms with Crippen LogP contribution in [-0.4, -0.2) is 24.5 Å². The lowest BCUT2D eigenvalue weighted by Gasteiger charge is -2.16. The molecule has 1 unspecified atom stereocenters. The third-order valence-corrected chi connectivity index (χ3v) is 3.34. The van der Waals surface area contributed by atoms with Gasteiger partial charge in [-0.2, -0.15) is 0 Å². The van der Waals surface area contributed by atoms with Crippen molar-refractivity contribution in [1.82, 2.24) is 0 Å². The van der Waals surface area contributed by atoms with Gasteiger partial charge in [0.1, 0.15) is 0 Å². The Bertz CT molecular complexity index is 493. The molecular formula is C13H17ClN2O4. The summed E-state index contributed by atoms with van der Waals surface area (Å²) in [6, 6.07) is 4.06. The van der Waals surface area contributed by atoms with Crippen LogP contribution in [0.25, 0.3) is 0 Å². The lowest BCUT2D eigenvalue weighted by atomic mass is 9.93. The number of ether oxygens (including phenoxy) is 1. The van der Waals surface area contributed by atoms with Crippen molar-refractivity contribution in [3.8, 4) is 0 Å². The van der Waals surface area contributed by atoms with Gasteiger partial charge in [0.25, 0.3) is 5.69 Å². The van der Waals surface area contributed by atoms with E-state index in [2.05, 4.69) is 0 Å². The van der Waals surface area contributed by atoms with Crippen LogP contribution in [0, 0.1) is 10.1 Å². The zero-order chi connectivity index (χ0) is 15.1. The molecular weight excluding hydrogens is 284 g/mol. The summed E-state index contributed by atoms with van der Waals surface area (Å²) >= 11 is 6.05. The van der Waals surface area contributed by atoms with Crippen LogP contribution in [-0.2, 0) is 9.53 Å². The lowest BCUT2D eigenvalue weighted by molar-refractivity contribution is -0.384. The molecule has 2 N–H and O–H groups in total. The number of halogens is 1. The summed E-state index contributed by atoms with van der Waals surface area (Å²) in [6.07, 6.45) is 1.97. The van der Waals surface area contributed by atoms with Crippen LogP contribution in [0.5, 0.6) is 0 Å². The van der Waals surface area contributed by atoms with E-state index in [-0.39, 0.29) is 5.69 Å². The highest BCUT2D eigenvalue weighted by Gasteiger charge is 2.25. The molecule has 1 atom stereocenters. The first-order valence-electron chi connectivity index (χ1n) is 6.23. The van der Waals surface area contributed by atoms with Crippen molar-refractivity contribution in [2.24, 2.45) is 5.73 Å². The molecule has 0 aliphatic rings. The summed E-state index contributed by atoms with van der Waals surface area (Å²) in [6.45, 7) is 0.524. The van der Waals surface area contributed by atoms with Crippen molar-refractivity contribution in [1.29, 1.82) is 0 Å². The topological polar surface area (TPSA) is 95.5 Å². The minimum Gasteiger partial charge on any atom is -0.469 e. The predicted molar refractivity (Wildman–Crippen MR) is 75.8 cm³/mol. The maximum Gasteiger partial charge on any atom is 0.313 e. The van der Waals surface area contributed by atoms with E-state index in [1.807, 2.05) is 0 Å². The zero-order valence-electron chi connectivity index (χ0n) is 11.2. The molecule has 1 aromatic carbocycles. The number of nitro benzene ring substituents is 1. The minimum atomic E-state index is -0.612. The number of nitrogens with zero attached hydrogens (tertiary/aromatic N) is 1. The molecule has 0 aliphatic heterocycles. The van der Waals surface area contributed by atoms with Gasteiger partial charge in [0.15, 0.2) is 0 Å². The third-order valence-electron chi connectivity index (χ3n) is 3.00. The van der Waals surface area contributed by atoms with Gasteiger partial charge in [-0.15, -0.1) is 0 Å². The number of benzene rings is 1. The van der Waals surface area contributed by atoms with Gasteiger partial charge in [-0.05, 0) is 31.0 Å². The second-order valence-corrected chi connectivity index (χ2v) is 4.73. The molecule has 0 spiro atoms. The van der Waals surface area contributed by atoms with E-state index in [0.717, 1.165) is 12.8 Å². The Morgan fingerprint density at radius 3 is 2.75 bits per heavy atom. The molecule has 0 radical (unpaired) electrons. The van der Waals surface area contributed by atoms with Crippen LogP contribution in [0.4, 0.5) is 5.69 Å². The average Bonchev–Trinajstić information content (AvgIpc) is 2.43. The first kappa shape index (κ1) is 16.4. The van der Waals surface area contributed by atoms with E-state index in [1.165, 1.54) is 25.3 Å². The molecule has 1 rings (SSSR count). The number of hydrogen-bond donors (Lipinski definition) is 1. The Hall–Kier alpha value is -1.66. The fraction of sp³-hybridized carbons (Fsp3) is 0.462. The van der Waals surface area contributed by atoms with Crippen molar-refractivity contribution in [3.63, 3.8) is 0 Å². The lowest BCUT2D eigenvalue weighted by Crippen LogP contribution is -2.15. The van der Waals surface area contributed by atoms with Crippen LogP contribution >= 0.6 is 11.6 Å². The Morgan fingerprint density at radius 2 is 2.20 bits per heavy atom. The molecule has 0 aliphatic carbocycles. The molecule has 0 saturated carbocycles. The second-order valence-electron chi connectivity index (χ2n) is 4.32. The number of non-ortho nitro benzene ring substituents is 1. The summed E-state index contributed by atoms with van der Waals surface area (Å²) in [5, 5.41) is 11.1. The van der Waals surface area contributed by atoms with E-state index < -0.39 is 16.8 Å². The largest absolute Gasteiger partial charge is 0.469 e. The van der Waals surface area contributed by atoms with E-state index in [0.29, 0.717) is 23.6 Å². The quantitative estimate of drug-likeness (QED) is 0.361. The van der Waals surface area contributed by atoms with Crippen molar-refractivity contribution in [2.45, 2.75) is 25.2 Å². The molecule has 0 heterocycles. The van der Waals surface area contributed by atoms with Crippen LogP contribution in [0.3, 0.4) is 0 Å². The monoisotopic (exact) mass is 300 g/mol. The second kappa shape index (κ2) is 7.81. The third kappa shape index (κ3) is 4.18. The van der Waals surface area contributed by atoms with Gasteiger partial charge in [-0.3, -0.25) is 14.9 Å². The van der Waals surface area contributed by atoms with Gasteiger partial charge < -0.3 is 10.5 Å². The number of carbonyl (C=O) groups is 1. The van der Waals surface area contributed by atoms with E-state index in [1.54, 1.807) is 0 Å². The van der Waals surface area contributed by atoms with Crippen molar-refractivity contribution < 1.29 is 14.5 Å². The molecule has 0 amide bonds. The molecule has 0 saturated heterocycles. The molecule has 20 heavy (non-hydrogen) atoms. The predicted octanol–water partition coefficient (Wildman–Crippen LogP) is 2.63. The van der Waals surface area contributed by atoms with Crippen LogP contribution < -0.4 is 5.73 Å². The normalized spacial score (nSPS) is 11.9. The van der Waals surface area contributed by atoms with Gasteiger partial charge in [0, 0.05) is 17.2 Å². The van der Waals surface area contributed by atoms with Crippen molar-refractivity contribution in [3.05, 3.63) is 38.9 Å². The fourth-order valence-corrected chi connectivity index (χ4v) is 2.20. The molecule has 0 aromatic heterocycles. The van der Waals surface area contributed by atoms with Crippen molar-refractivity contribution >= 4 is 23.3 Å². The maximum atomic E-state index is 11.9. The summed E-state index contributed by atoms with van der Waals surface area (Å²) in [4.78, 5) is 22.2. The summed E-state index contributed by atoms with van der Waals surface area (Å²) in [7, 11) is 1.28. The molecule has 0 bridgehead atoms. The molecule has 0 fully saturated rings. The summed E-state index contributed by atoms with van der Waals surface area (Å²) in [5.74, 6) is -1.07. The van der Waals surface area contributed by atoms with Gasteiger partial charge >= 0.3 is 5.97 Å². The number of nitrogens with two attached hydrogens (primary N) is 1. The fourth-order valence-electron chi connectivity index (χ4n) is 1.95. The first-order valence-corrected chi connectivity index (χ1v) is 6.60. The molecule has 6 nitrogen and oxygen atoms in total. The highest BCUT2D eigenvalue weighted by Crippen LogP contribution is 2.32. The van der Waals surface area contributed by atoms with Crippen LogP contribution in [0.2, 0.25) is 5.02 Å². The number of unbranched alkanes of at least 4 members (excludes halogenated alkanes) is 1. The van der Waals surface area contributed by atoms with E-state index >= 15 is 0 Å². The number of carbonyl (C=O) groups excluding carboxylic acids is 1. The summed E-state index contributed by atoms with van der Waals surface area (Å²) in [5.41, 5.74) is 5.75. The van der Waals surface area contributed by atoms with Gasteiger partial charge in [0.05, 0.1) is 18.0 Å². The number of nitro groups is 1. The average molecular weight is 301 g/mol. The molecule has 1 aromatic rings. The standard InChI is InChI=1S/C13H17ClN2O4/c1-20-13(17)10(4-2-3-7-15)11-8-9(16(18)19)5-6-12(11)14/h5-6,8,10H,2-4,7,15H2,1H3. The number of methoxy groups -OCH3 is 1. The Morgan fingerprint density at radius 1 is 1.50 bits per heavy atom. The highest BCUT2D eigenvalue weighted by molar-refractivity contribution is 6.31. The Labute approximate surface area is 122 Å². The van der Waals surface area contributed by atoms with Gasteiger partial charge in [-0.1, -0.05) is 18.0 Å². The zero-order valence-corrected chi connectivity index (χ0v) is 11.9. The Balaban J connectivity index is 3.08. The van der Waals surface area contributed by atoms with E-state index in [9.17, 15) is 14.9 Å². The van der Waals surface area contributed by atoms with Gasteiger partial charge in [-0.25, -0.2) is 0 Å². The van der Waals surface area contributed by atoms with E-state index in [4.69, 9.17) is 22.1 Å².